The van der Waals surface area contributed by atoms with E-state index in [1.807, 2.05) is 42.6 Å². The van der Waals surface area contributed by atoms with Gasteiger partial charge in [-0.2, -0.15) is 0 Å². The second-order valence-corrected chi connectivity index (χ2v) is 9.11. The molecule has 0 atom stereocenters. The molecule has 2 aromatic carbocycles. The van der Waals surface area contributed by atoms with Gasteiger partial charge in [-0.3, -0.25) is 0 Å². The van der Waals surface area contributed by atoms with Crippen LogP contribution >= 0.6 is 11.3 Å². The molecule has 0 bridgehead atoms. The van der Waals surface area contributed by atoms with E-state index in [2.05, 4.69) is 4.99 Å². The summed E-state index contributed by atoms with van der Waals surface area (Å²) in [4.78, 5) is 17.5. The number of nitrogens with zero attached hydrogens (tertiary/aromatic N) is 1. The first-order valence-electron chi connectivity index (χ1n) is 11.2. The number of aliphatic imine (C=N–C) groups is 1. The van der Waals surface area contributed by atoms with Crippen LogP contribution in [0.4, 0.5) is 5.00 Å². The average Bonchev–Trinajstić information content (AvgIpc) is 3.41. The van der Waals surface area contributed by atoms with Crippen molar-refractivity contribution in [1.29, 1.82) is 0 Å². The van der Waals surface area contributed by atoms with Gasteiger partial charge < -0.3 is 14.3 Å². The molecular weight excluding hydrogens is 434 g/mol. The van der Waals surface area contributed by atoms with Crippen LogP contribution in [0.15, 0.2) is 51.2 Å². The smallest absolute Gasteiger partial charge is 0.341 e. The Bertz CT molecular complexity index is 1360. The van der Waals surface area contributed by atoms with Crippen molar-refractivity contribution >= 4 is 39.5 Å². The SMILES string of the molecule is CCOC(=O)c1c(-c2ccc(C)cc2)csc1N=Cc1c(O)ccc2oc3c(c12)CCCC3. The maximum absolute atomic E-state index is 12.9. The van der Waals surface area contributed by atoms with Crippen molar-refractivity contribution in [1.82, 2.24) is 0 Å². The highest BCUT2D eigenvalue weighted by molar-refractivity contribution is 7.14. The molecule has 0 aliphatic heterocycles. The molecule has 0 fully saturated rings. The third-order valence-corrected chi connectivity index (χ3v) is 6.95. The van der Waals surface area contributed by atoms with Crippen molar-refractivity contribution in [3.8, 4) is 16.9 Å². The number of hydrogen-bond acceptors (Lipinski definition) is 6. The van der Waals surface area contributed by atoms with E-state index in [0.29, 0.717) is 16.1 Å². The number of aromatic hydroxyl groups is 1. The third-order valence-electron chi connectivity index (χ3n) is 6.06. The predicted octanol–water partition coefficient (Wildman–Crippen LogP) is 6.98. The lowest BCUT2D eigenvalue weighted by Gasteiger charge is -2.10. The lowest BCUT2D eigenvalue weighted by molar-refractivity contribution is 0.0529. The maximum atomic E-state index is 12.9. The summed E-state index contributed by atoms with van der Waals surface area (Å²) in [6, 6.07) is 11.5. The molecular formula is C27H25NO4S. The van der Waals surface area contributed by atoms with Crippen molar-refractivity contribution in [2.45, 2.75) is 39.5 Å². The van der Waals surface area contributed by atoms with Gasteiger partial charge in [0, 0.05) is 40.1 Å². The summed E-state index contributed by atoms with van der Waals surface area (Å²) in [7, 11) is 0. The normalized spacial score (nSPS) is 13.5. The van der Waals surface area contributed by atoms with Crippen molar-refractivity contribution in [3.05, 3.63) is 69.8 Å². The van der Waals surface area contributed by atoms with Gasteiger partial charge >= 0.3 is 5.97 Å². The zero-order valence-electron chi connectivity index (χ0n) is 18.7. The Morgan fingerprint density at radius 2 is 1.97 bits per heavy atom. The zero-order valence-corrected chi connectivity index (χ0v) is 19.5. The highest BCUT2D eigenvalue weighted by Gasteiger charge is 2.23. The lowest BCUT2D eigenvalue weighted by Crippen LogP contribution is -2.05. The van der Waals surface area contributed by atoms with Crippen LogP contribution < -0.4 is 0 Å². The van der Waals surface area contributed by atoms with Crippen LogP contribution in [0.2, 0.25) is 0 Å². The molecule has 0 radical (unpaired) electrons. The number of benzene rings is 2. The molecule has 0 saturated heterocycles. The highest BCUT2D eigenvalue weighted by Crippen LogP contribution is 2.40. The number of hydrogen-bond donors (Lipinski definition) is 1. The Balaban J connectivity index is 1.61. The van der Waals surface area contributed by atoms with Crippen LogP contribution in [0.1, 0.15) is 52.6 Å². The Morgan fingerprint density at radius 3 is 2.76 bits per heavy atom. The molecule has 5 rings (SSSR count). The third kappa shape index (κ3) is 3.95. The number of thiophene rings is 1. The minimum Gasteiger partial charge on any atom is -0.507 e. The number of furan rings is 1. The number of ether oxygens (including phenoxy) is 1. The van der Waals surface area contributed by atoms with Gasteiger partial charge in [0.05, 0.1) is 6.61 Å². The number of phenols is 1. The van der Waals surface area contributed by atoms with E-state index in [4.69, 9.17) is 9.15 Å². The van der Waals surface area contributed by atoms with E-state index in [-0.39, 0.29) is 12.4 Å². The van der Waals surface area contributed by atoms with Gasteiger partial charge in [-0.05, 0) is 50.8 Å². The fourth-order valence-corrected chi connectivity index (χ4v) is 5.32. The number of esters is 1. The first kappa shape index (κ1) is 21.5. The van der Waals surface area contributed by atoms with E-state index in [9.17, 15) is 9.90 Å². The lowest BCUT2D eigenvalue weighted by atomic mass is 9.94. The molecule has 5 nitrogen and oxygen atoms in total. The maximum Gasteiger partial charge on any atom is 0.341 e. The number of fused-ring (bicyclic) bond motifs is 3. The Hall–Kier alpha value is -3.38. The van der Waals surface area contributed by atoms with Crippen LogP contribution in [0, 0.1) is 6.92 Å². The molecule has 0 spiro atoms. The van der Waals surface area contributed by atoms with Gasteiger partial charge in [-0.25, -0.2) is 9.79 Å². The molecule has 1 aliphatic rings. The molecule has 33 heavy (non-hydrogen) atoms. The number of phenolic OH excluding ortho intramolecular Hbond substituents is 1. The van der Waals surface area contributed by atoms with Crippen LogP contribution in [0.3, 0.4) is 0 Å². The second kappa shape index (κ2) is 8.87. The monoisotopic (exact) mass is 459 g/mol. The van der Waals surface area contributed by atoms with Crippen molar-refractivity contribution < 1.29 is 19.1 Å². The number of rotatable bonds is 5. The molecule has 6 heteroatoms. The molecule has 168 valence electrons. The molecule has 4 aromatic rings. The summed E-state index contributed by atoms with van der Waals surface area (Å²) < 4.78 is 11.4. The average molecular weight is 460 g/mol. The van der Waals surface area contributed by atoms with E-state index in [1.54, 1.807) is 19.2 Å². The zero-order chi connectivity index (χ0) is 22.9. The predicted molar refractivity (Wildman–Crippen MR) is 132 cm³/mol. The first-order chi connectivity index (χ1) is 16.1. The minimum absolute atomic E-state index is 0.147. The van der Waals surface area contributed by atoms with Crippen molar-refractivity contribution in [2.24, 2.45) is 4.99 Å². The van der Waals surface area contributed by atoms with Gasteiger partial charge in [-0.15, -0.1) is 11.3 Å². The molecule has 0 amide bonds. The van der Waals surface area contributed by atoms with Gasteiger partial charge in [0.1, 0.15) is 27.7 Å². The second-order valence-electron chi connectivity index (χ2n) is 8.26. The van der Waals surface area contributed by atoms with Crippen LogP contribution in [-0.2, 0) is 17.6 Å². The molecule has 1 aliphatic carbocycles. The highest BCUT2D eigenvalue weighted by atomic mass is 32.1. The van der Waals surface area contributed by atoms with Gasteiger partial charge in [0.2, 0.25) is 0 Å². The fourth-order valence-electron chi connectivity index (χ4n) is 4.41. The van der Waals surface area contributed by atoms with Gasteiger partial charge in [0.15, 0.2) is 0 Å². The van der Waals surface area contributed by atoms with E-state index in [1.165, 1.54) is 11.3 Å². The number of aryl methyl sites for hydroxylation is 3. The minimum atomic E-state index is -0.399. The van der Waals surface area contributed by atoms with Crippen molar-refractivity contribution in [3.63, 3.8) is 0 Å². The van der Waals surface area contributed by atoms with Gasteiger partial charge in [0.25, 0.3) is 0 Å². The molecule has 0 unspecified atom stereocenters. The molecule has 0 saturated carbocycles. The Kier molecular flexibility index (Phi) is 5.77. The Morgan fingerprint density at radius 1 is 1.18 bits per heavy atom. The molecule has 2 heterocycles. The van der Waals surface area contributed by atoms with E-state index < -0.39 is 5.97 Å². The molecule has 1 N–H and O–H groups in total. The standard InChI is InChI=1S/C27H25NO4S/c1-3-31-27(30)25-20(17-10-8-16(2)9-11-17)15-33-26(25)28-14-19-21(29)12-13-23-24(19)18-6-4-5-7-22(18)32-23/h8-15,29H,3-7H2,1-2H3. The summed E-state index contributed by atoms with van der Waals surface area (Å²) in [6.45, 7) is 4.10. The summed E-state index contributed by atoms with van der Waals surface area (Å²) >= 11 is 1.39. The van der Waals surface area contributed by atoms with Crippen molar-refractivity contribution in [2.75, 3.05) is 6.61 Å². The fraction of sp³-hybridized carbons (Fsp3) is 0.259. The van der Waals surface area contributed by atoms with Crippen LogP contribution in [0.25, 0.3) is 22.1 Å². The summed E-state index contributed by atoms with van der Waals surface area (Å²) in [6.07, 6.45) is 5.71. The van der Waals surface area contributed by atoms with E-state index in [0.717, 1.165) is 64.7 Å². The topological polar surface area (TPSA) is 72.0 Å². The van der Waals surface area contributed by atoms with E-state index >= 15 is 0 Å². The quantitative estimate of drug-likeness (QED) is 0.258. The summed E-state index contributed by atoms with van der Waals surface area (Å²) in [5.41, 5.74) is 5.88. The molecule has 2 aromatic heterocycles. The van der Waals surface area contributed by atoms with Crippen LogP contribution in [-0.4, -0.2) is 23.9 Å². The first-order valence-corrected chi connectivity index (χ1v) is 12.1. The number of carbonyl (C=O) groups is 1. The summed E-state index contributed by atoms with van der Waals surface area (Å²) in [5, 5.41) is 14.1. The van der Waals surface area contributed by atoms with Gasteiger partial charge in [-0.1, -0.05) is 29.8 Å². The number of carbonyl (C=O) groups excluding carboxylic acids is 1. The van der Waals surface area contributed by atoms with Crippen LogP contribution in [0.5, 0.6) is 5.75 Å². The Labute approximate surface area is 196 Å². The largest absolute Gasteiger partial charge is 0.507 e. The summed E-state index contributed by atoms with van der Waals surface area (Å²) in [5.74, 6) is 0.750.